The van der Waals surface area contributed by atoms with Crippen LogP contribution in [0.4, 0.5) is 0 Å². The van der Waals surface area contributed by atoms with Crippen LogP contribution >= 0.6 is 0 Å². The molecule has 3 aromatic carbocycles. The topological polar surface area (TPSA) is 173 Å². The van der Waals surface area contributed by atoms with Crippen molar-refractivity contribution in [3.63, 3.8) is 0 Å². The zero-order chi connectivity index (χ0) is 40.2. The van der Waals surface area contributed by atoms with E-state index >= 15 is 0 Å². The summed E-state index contributed by atoms with van der Waals surface area (Å²) >= 11 is 0. The first-order valence-electron chi connectivity index (χ1n) is 18.0. The van der Waals surface area contributed by atoms with Gasteiger partial charge in [0.15, 0.2) is 14.5 Å². The van der Waals surface area contributed by atoms with Crippen LogP contribution in [-0.2, 0) is 29.0 Å². The largest absolute Gasteiger partial charge is 0.497 e. The molecule has 2 N–H and O–H groups in total. The molecule has 15 heteroatoms. The number of aromatic amines is 1. The second kappa shape index (κ2) is 16.4. The van der Waals surface area contributed by atoms with Crippen LogP contribution in [0.2, 0.25) is 18.1 Å². The minimum Gasteiger partial charge on any atom is -0.497 e. The highest BCUT2D eigenvalue weighted by molar-refractivity contribution is 6.74. The smallest absolute Gasteiger partial charge is 0.330 e. The molecular weight excluding hydrogens is 725 g/mol. The van der Waals surface area contributed by atoms with Crippen molar-refractivity contribution >= 4 is 14.3 Å². The van der Waals surface area contributed by atoms with Crippen molar-refractivity contribution in [2.45, 2.75) is 75.4 Å². The first-order chi connectivity index (χ1) is 26.0. The summed E-state index contributed by atoms with van der Waals surface area (Å²) in [6.45, 7) is 9.99. The van der Waals surface area contributed by atoms with Gasteiger partial charge in [0.2, 0.25) is 6.54 Å². The van der Waals surface area contributed by atoms with Crippen molar-refractivity contribution in [2.24, 2.45) is 0 Å². The number of hydrogen-bond acceptors (Lipinski definition) is 11. The van der Waals surface area contributed by atoms with E-state index in [-0.39, 0.29) is 12.2 Å². The number of aromatic nitrogens is 2. The van der Waals surface area contributed by atoms with Crippen molar-refractivity contribution < 1.29 is 33.1 Å². The Morgan fingerprint density at radius 3 is 2.04 bits per heavy atom. The van der Waals surface area contributed by atoms with Gasteiger partial charge in [-0.2, -0.15) is 0 Å². The summed E-state index contributed by atoms with van der Waals surface area (Å²) in [6, 6.07) is 26.5. The Morgan fingerprint density at radius 2 is 1.53 bits per heavy atom. The molecule has 1 aliphatic rings. The predicted molar refractivity (Wildman–Crippen MR) is 208 cm³/mol. The SMILES string of the molecule is COC(=O)CN[C@]1(C[N+](=O)[O-])[C@@H](COC(c2ccccc2)(c2ccccc2)c2ccc(OC)cc2)O[C@@H](n2cc(C)c(=O)[nH]c2=O)[C@@H]1O[Si](C)(C)C(C)(C)C. The number of carbonyl (C=O) groups excluding carboxylic acids is 1. The second-order valence-corrected chi connectivity index (χ2v) is 20.0. The van der Waals surface area contributed by atoms with Crippen molar-refractivity contribution in [1.82, 2.24) is 14.9 Å². The van der Waals surface area contributed by atoms with Gasteiger partial charge in [-0.05, 0) is 53.9 Å². The number of aryl methyl sites for hydroxylation is 1. The molecule has 0 spiro atoms. The standard InChI is InChI=1S/C40H50N4O10Si/c1-27-24-43(37(47)42-35(27)46)36-34(54-55(7,8)38(2,3)4)39(26-44(48)49,41-23-33(45)51-6)32(53-36)25-52-40(28-15-11-9-12-16-28,29-17-13-10-14-18-29)30-19-21-31(50-5)22-20-30/h9-22,24,32,34,36,41H,23,25-26H2,1-8H3,(H,42,46,47)/t32-,34+,36-,39-/m1/s1. The van der Waals surface area contributed by atoms with E-state index in [4.69, 9.17) is 23.4 Å². The van der Waals surface area contributed by atoms with Crippen molar-refractivity contribution in [3.8, 4) is 5.75 Å². The van der Waals surface area contributed by atoms with Gasteiger partial charge in [0.1, 0.15) is 29.1 Å². The zero-order valence-corrected chi connectivity index (χ0v) is 33.5. The van der Waals surface area contributed by atoms with E-state index in [1.807, 2.05) is 119 Å². The average molecular weight is 775 g/mol. The summed E-state index contributed by atoms with van der Waals surface area (Å²) in [5, 5.41) is 15.6. The molecule has 55 heavy (non-hydrogen) atoms. The van der Waals surface area contributed by atoms with Crippen LogP contribution in [0.1, 0.15) is 49.3 Å². The maximum atomic E-state index is 13.6. The highest BCUT2D eigenvalue weighted by Crippen LogP contribution is 2.47. The Hall–Kier alpha value is -4.93. The van der Waals surface area contributed by atoms with Crippen LogP contribution in [0.25, 0.3) is 0 Å². The molecule has 0 bridgehead atoms. The molecule has 0 aliphatic carbocycles. The summed E-state index contributed by atoms with van der Waals surface area (Å²) in [5.41, 5.74) is -2.03. The van der Waals surface area contributed by atoms with Crippen LogP contribution in [0.5, 0.6) is 5.75 Å². The van der Waals surface area contributed by atoms with Gasteiger partial charge in [-0.3, -0.25) is 34.6 Å². The summed E-state index contributed by atoms with van der Waals surface area (Å²) in [7, 11) is -0.0516. The number of nitrogens with zero attached hydrogens (tertiary/aromatic N) is 2. The third-order valence-electron chi connectivity index (χ3n) is 10.8. The third-order valence-corrected chi connectivity index (χ3v) is 15.2. The van der Waals surface area contributed by atoms with Crippen LogP contribution in [0.15, 0.2) is 101 Å². The third kappa shape index (κ3) is 8.35. The first-order valence-corrected chi connectivity index (χ1v) is 20.9. The molecule has 1 saturated heterocycles. The van der Waals surface area contributed by atoms with Crippen molar-refractivity contribution in [1.29, 1.82) is 0 Å². The number of benzene rings is 3. The van der Waals surface area contributed by atoms with E-state index in [9.17, 15) is 24.5 Å². The molecule has 2 heterocycles. The zero-order valence-electron chi connectivity index (χ0n) is 32.5. The van der Waals surface area contributed by atoms with E-state index < -0.39 is 78.2 Å². The fraction of sp³-hybridized carbons (Fsp3) is 0.425. The molecule has 0 radical (unpaired) electrons. The molecule has 0 amide bonds. The minimum atomic E-state index is -2.85. The average Bonchev–Trinajstić information content (AvgIpc) is 3.43. The lowest BCUT2D eigenvalue weighted by atomic mass is 9.79. The summed E-state index contributed by atoms with van der Waals surface area (Å²) in [6.07, 6.45) is -2.43. The first kappa shape index (κ1) is 41.2. The van der Waals surface area contributed by atoms with Gasteiger partial charge in [0, 0.05) is 16.7 Å². The van der Waals surface area contributed by atoms with E-state index in [0.717, 1.165) is 16.7 Å². The Balaban J connectivity index is 1.77. The van der Waals surface area contributed by atoms with E-state index in [2.05, 4.69) is 10.3 Å². The predicted octanol–water partition coefficient (Wildman–Crippen LogP) is 4.93. The highest BCUT2D eigenvalue weighted by Gasteiger charge is 2.64. The van der Waals surface area contributed by atoms with Gasteiger partial charge < -0.3 is 23.4 Å². The molecule has 1 aliphatic heterocycles. The van der Waals surface area contributed by atoms with Crippen molar-refractivity contribution in [2.75, 3.05) is 33.9 Å². The lowest BCUT2D eigenvalue weighted by Gasteiger charge is -2.44. The summed E-state index contributed by atoms with van der Waals surface area (Å²) in [4.78, 5) is 53.6. The quantitative estimate of drug-likeness (QED) is 0.0552. The molecule has 14 nitrogen and oxygen atoms in total. The summed E-state index contributed by atoms with van der Waals surface area (Å²) < 4.78 is 32.7. The molecule has 4 aromatic rings. The lowest BCUT2D eigenvalue weighted by molar-refractivity contribution is -0.494. The monoisotopic (exact) mass is 774 g/mol. The van der Waals surface area contributed by atoms with Crippen LogP contribution in [-0.4, -0.2) is 80.4 Å². The molecule has 5 rings (SSSR count). The van der Waals surface area contributed by atoms with Gasteiger partial charge in [-0.15, -0.1) is 0 Å². The number of nitro groups is 1. The summed E-state index contributed by atoms with van der Waals surface area (Å²) in [5.74, 6) is -0.0554. The highest BCUT2D eigenvalue weighted by atomic mass is 28.4. The van der Waals surface area contributed by atoms with Gasteiger partial charge in [0.25, 0.3) is 5.56 Å². The maximum absolute atomic E-state index is 13.6. The molecule has 1 fully saturated rings. The molecular formula is C40H50N4O10Si. The molecule has 294 valence electrons. The number of ether oxygens (including phenoxy) is 4. The number of methoxy groups -OCH3 is 2. The van der Waals surface area contributed by atoms with Crippen LogP contribution < -0.4 is 21.3 Å². The van der Waals surface area contributed by atoms with E-state index in [1.54, 1.807) is 7.11 Å². The number of nitrogens with one attached hydrogen (secondary N) is 2. The molecule has 0 saturated carbocycles. The fourth-order valence-corrected chi connectivity index (χ4v) is 8.05. The van der Waals surface area contributed by atoms with Gasteiger partial charge in [-0.1, -0.05) is 93.6 Å². The van der Waals surface area contributed by atoms with E-state index in [0.29, 0.717) is 5.75 Å². The molecule has 0 unspecified atom stereocenters. The van der Waals surface area contributed by atoms with Crippen LogP contribution in [0.3, 0.4) is 0 Å². The normalized spacial score (nSPS) is 20.3. The van der Waals surface area contributed by atoms with E-state index in [1.165, 1.54) is 24.8 Å². The number of H-pyrrole nitrogens is 1. The van der Waals surface area contributed by atoms with Gasteiger partial charge in [-0.25, -0.2) is 4.79 Å². The van der Waals surface area contributed by atoms with Crippen molar-refractivity contribution in [3.05, 3.63) is 144 Å². The fourth-order valence-electron chi connectivity index (χ4n) is 6.74. The number of hydrogen-bond donors (Lipinski definition) is 2. The van der Waals surface area contributed by atoms with Crippen LogP contribution in [0, 0.1) is 17.0 Å². The second-order valence-electron chi connectivity index (χ2n) is 15.2. The van der Waals surface area contributed by atoms with Gasteiger partial charge >= 0.3 is 11.7 Å². The number of esters is 1. The molecule has 1 aromatic heterocycles. The van der Waals surface area contributed by atoms with Gasteiger partial charge in [0.05, 0.1) is 27.4 Å². The number of carbonyl (C=O) groups is 1. The Morgan fingerprint density at radius 1 is 0.964 bits per heavy atom. The Kier molecular flexibility index (Phi) is 12.3. The lowest BCUT2D eigenvalue weighted by Crippen LogP contribution is -2.67. The maximum Gasteiger partial charge on any atom is 0.330 e. The number of rotatable bonds is 15. The minimum absolute atomic E-state index is 0.211. The Labute approximate surface area is 321 Å². The molecule has 4 atom stereocenters. The Bertz CT molecular complexity index is 2030.